The third-order valence-corrected chi connectivity index (χ3v) is 12.1. The predicted octanol–water partition coefficient (Wildman–Crippen LogP) is 7.36. The Bertz CT molecular complexity index is 2450. The van der Waals surface area contributed by atoms with Gasteiger partial charge in [-0.05, 0) is 71.2 Å². The van der Waals surface area contributed by atoms with Crippen molar-refractivity contribution >= 4 is 28.2 Å². The summed E-state index contributed by atoms with van der Waals surface area (Å²) < 4.78 is 77.4. The molecule has 0 bridgehead atoms. The molecule has 4 aromatic rings. The Morgan fingerprint density at radius 3 is 1.85 bits per heavy atom. The molecule has 0 fully saturated rings. The molecule has 0 unspecified atom stereocenters. The van der Waals surface area contributed by atoms with Crippen molar-refractivity contribution in [3.05, 3.63) is 76.9 Å². The van der Waals surface area contributed by atoms with Crippen LogP contribution in [0.3, 0.4) is 0 Å². The lowest BCUT2D eigenvalue weighted by Gasteiger charge is -2.25. The zero-order valence-electron chi connectivity index (χ0n) is 41.9. The maximum absolute atomic E-state index is 13.6. The summed E-state index contributed by atoms with van der Waals surface area (Å²) in [6.45, 7) is 12.2. The Morgan fingerprint density at radius 1 is 0.718 bits per heavy atom. The van der Waals surface area contributed by atoms with E-state index in [-0.39, 0.29) is 65.1 Å². The molecule has 0 aliphatic heterocycles. The molecule has 0 saturated carbocycles. The van der Waals surface area contributed by atoms with Crippen LogP contribution in [-0.4, -0.2) is 139 Å². The summed E-state index contributed by atoms with van der Waals surface area (Å²) in [4.78, 5) is 33.1. The number of esters is 2. The maximum Gasteiger partial charge on any atom is 0.344 e. The van der Waals surface area contributed by atoms with Gasteiger partial charge >= 0.3 is 28.2 Å². The van der Waals surface area contributed by atoms with E-state index in [4.69, 9.17) is 57.2 Å². The van der Waals surface area contributed by atoms with Crippen molar-refractivity contribution in [1.29, 1.82) is 0 Å². The highest BCUT2D eigenvalue weighted by Gasteiger charge is 2.29. The number of pyridine rings is 1. The fourth-order valence-electron chi connectivity index (χ4n) is 6.80. The molecule has 0 amide bonds. The Balaban J connectivity index is 1.80. The van der Waals surface area contributed by atoms with Crippen LogP contribution in [0.25, 0.3) is 11.6 Å². The molecule has 3 heterocycles. The molecule has 0 spiro atoms. The van der Waals surface area contributed by atoms with Gasteiger partial charge in [0.15, 0.2) is 11.6 Å². The zero-order chi connectivity index (χ0) is 51.3. The molecular weight excluding hydrogens is 957 g/mol. The van der Waals surface area contributed by atoms with Gasteiger partial charge in [-0.3, -0.25) is 28.5 Å². The second kappa shape index (κ2) is 32.5. The normalized spacial score (nSPS) is 11.3. The van der Waals surface area contributed by atoms with Gasteiger partial charge in [0.25, 0.3) is 0 Å². The average molecular weight is 1020 g/mol. The van der Waals surface area contributed by atoms with Crippen molar-refractivity contribution in [2.45, 2.75) is 79.8 Å². The summed E-state index contributed by atoms with van der Waals surface area (Å²) in [6, 6.07) is 10.8. The van der Waals surface area contributed by atoms with Crippen molar-refractivity contribution in [3.63, 3.8) is 0 Å². The summed E-state index contributed by atoms with van der Waals surface area (Å²) in [6.07, 6.45) is 6.47. The molecule has 1 aromatic carbocycles. The Morgan fingerprint density at radius 2 is 1.30 bits per heavy atom. The van der Waals surface area contributed by atoms with Crippen LogP contribution >= 0.6 is 16.3 Å². The van der Waals surface area contributed by atoms with Gasteiger partial charge in [0.05, 0.1) is 68.7 Å². The third-order valence-electron chi connectivity index (χ3n) is 9.82. The fraction of sp³-hybridized carbons (Fsp3) is 0.531. The van der Waals surface area contributed by atoms with Crippen LogP contribution in [0, 0.1) is 23.7 Å². The molecule has 22 heteroatoms. The molecule has 0 aliphatic rings. The second-order valence-corrected chi connectivity index (χ2v) is 17.9. The van der Waals surface area contributed by atoms with Crippen molar-refractivity contribution in [1.82, 2.24) is 34.3 Å². The van der Waals surface area contributed by atoms with Crippen molar-refractivity contribution in [3.8, 4) is 46.8 Å². The molecule has 71 heavy (non-hydrogen) atoms. The quantitative estimate of drug-likeness (QED) is 0.0150. The van der Waals surface area contributed by atoms with Crippen molar-refractivity contribution < 1.29 is 60.7 Å². The molecule has 386 valence electrons. The average Bonchev–Trinajstić information content (AvgIpc) is 4.02. The number of carbonyl (C=O) groups is 2. The number of aromatic nitrogens is 5. The number of carbonyl (C=O) groups excluding carboxylic acids is 2. The van der Waals surface area contributed by atoms with Gasteiger partial charge in [-0.15, -0.1) is 0 Å². The molecular formula is C49H67N7O13P2. The second-order valence-electron chi connectivity index (χ2n) is 15.4. The first-order valence-electron chi connectivity index (χ1n) is 23.6. The van der Waals surface area contributed by atoms with E-state index in [1.54, 1.807) is 98.9 Å². The Kier molecular flexibility index (Phi) is 26.6. The SMILES string of the molecule is CCCN(COP=O)Cc1ccn(-c2cc(C#Cc3cc(OCCOC)c(C#CCCCCC(=O)OCC)cc3OCCOC)cc(-n3ccc(CN(CC(=O)OCC)CP(=O)(OCC)OCC)n3)n2)n1. The van der Waals surface area contributed by atoms with E-state index in [1.165, 1.54) is 0 Å². The van der Waals surface area contributed by atoms with Gasteiger partial charge in [0.2, 0.25) is 0 Å². The van der Waals surface area contributed by atoms with Crippen LogP contribution in [0.5, 0.6) is 11.5 Å². The summed E-state index contributed by atoms with van der Waals surface area (Å²) in [5.41, 5.74) is 2.92. The van der Waals surface area contributed by atoms with E-state index in [0.29, 0.717) is 97.7 Å². The molecule has 0 N–H and O–H groups in total. The minimum atomic E-state index is -3.60. The number of ether oxygens (including phenoxy) is 6. The number of methoxy groups -OCH3 is 2. The number of hydrogen-bond acceptors (Lipinski definition) is 18. The van der Waals surface area contributed by atoms with Crippen LogP contribution in [0.15, 0.2) is 48.8 Å². The largest absolute Gasteiger partial charge is 0.490 e. The van der Waals surface area contributed by atoms with Gasteiger partial charge in [0.1, 0.15) is 37.7 Å². The number of benzene rings is 1. The number of nitrogens with zero attached hydrogens (tertiary/aromatic N) is 7. The highest BCUT2D eigenvalue weighted by molar-refractivity contribution is 7.53. The topological polar surface area (TPSA) is 206 Å². The number of hydrogen-bond donors (Lipinski definition) is 0. The third kappa shape index (κ3) is 20.6. The number of rotatable bonds is 33. The number of unbranched alkanes of at least 4 members (excludes halogenated alkanes) is 2. The van der Waals surface area contributed by atoms with Gasteiger partial charge in [0, 0.05) is 76.8 Å². The summed E-state index contributed by atoms with van der Waals surface area (Å²) >= 11 is 0. The van der Waals surface area contributed by atoms with E-state index in [9.17, 15) is 18.7 Å². The van der Waals surface area contributed by atoms with Gasteiger partial charge in [-0.2, -0.15) is 10.2 Å². The van der Waals surface area contributed by atoms with Crippen molar-refractivity contribution in [2.75, 3.05) is 93.2 Å². The van der Waals surface area contributed by atoms with Gasteiger partial charge in [-0.25, -0.2) is 18.9 Å². The van der Waals surface area contributed by atoms with Crippen LogP contribution in [-0.2, 0) is 64.3 Å². The smallest absolute Gasteiger partial charge is 0.344 e. The Hall–Kier alpha value is -5.50. The van der Waals surface area contributed by atoms with E-state index < -0.39 is 22.3 Å². The van der Waals surface area contributed by atoms with Crippen molar-refractivity contribution in [2.24, 2.45) is 0 Å². The minimum Gasteiger partial charge on any atom is -0.490 e. The molecule has 0 aliphatic carbocycles. The highest BCUT2D eigenvalue weighted by Crippen LogP contribution is 2.48. The van der Waals surface area contributed by atoms with E-state index in [2.05, 4.69) is 23.7 Å². The summed E-state index contributed by atoms with van der Waals surface area (Å²) in [7, 11) is -0.825. The first-order chi connectivity index (χ1) is 34.5. The standard InChI is InChI=1S/C49H67N7O13P2/c1-8-23-53(37-67-70-59)34-42-21-24-55(51-42)46-30-39(31-47(50-46)56-25-22-43(52-56)35-54(36-49(58)64-10-3)38-71(60,68-11-4)69-12-5)19-20-41-33-44(65-28-26-61-6)40(32-45(41)66-29-27-62-7)17-15-13-14-16-18-48(57)63-9-2/h21-22,24-25,30-33H,8-14,16,18,23,26-29,34-38H2,1-7H3. The minimum absolute atomic E-state index is 0.102. The van der Waals surface area contributed by atoms with Gasteiger partial charge in [-0.1, -0.05) is 30.6 Å². The molecule has 0 saturated heterocycles. The lowest BCUT2D eigenvalue weighted by molar-refractivity contribution is -0.144. The van der Waals surface area contributed by atoms with Crippen LogP contribution in [0.2, 0.25) is 0 Å². The predicted molar refractivity (Wildman–Crippen MR) is 265 cm³/mol. The molecule has 4 rings (SSSR count). The maximum atomic E-state index is 13.6. The summed E-state index contributed by atoms with van der Waals surface area (Å²) in [5.74, 6) is 14.1. The monoisotopic (exact) mass is 1020 g/mol. The molecule has 3 aromatic heterocycles. The highest BCUT2D eigenvalue weighted by atomic mass is 31.2. The zero-order valence-corrected chi connectivity index (χ0v) is 43.7. The van der Waals surface area contributed by atoms with Crippen LogP contribution in [0.4, 0.5) is 0 Å². The molecule has 0 radical (unpaired) electrons. The Labute approximate surface area is 418 Å². The lowest BCUT2D eigenvalue weighted by atomic mass is 10.1. The van der Waals surface area contributed by atoms with E-state index in [0.717, 1.165) is 18.5 Å². The lowest BCUT2D eigenvalue weighted by Crippen LogP contribution is -2.32. The fourth-order valence-corrected chi connectivity index (χ4v) is 8.73. The van der Waals surface area contributed by atoms with E-state index >= 15 is 0 Å². The summed E-state index contributed by atoms with van der Waals surface area (Å²) in [5, 5.41) is 9.66. The van der Waals surface area contributed by atoms with E-state index in [1.807, 2.05) is 17.9 Å². The molecule has 0 atom stereocenters. The first-order valence-corrected chi connectivity index (χ1v) is 26.1. The first kappa shape index (κ1) is 58.1. The molecule has 20 nitrogen and oxygen atoms in total. The van der Waals surface area contributed by atoms with Gasteiger partial charge < -0.3 is 37.5 Å². The van der Waals surface area contributed by atoms with Crippen LogP contribution in [0.1, 0.15) is 94.8 Å². The van der Waals surface area contributed by atoms with Crippen LogP contribution < -0.4 is 9.47 Å².